The minimum Gasteiger partial charge on any atom is -0.399 e. The molecule has 1 aromatic carbocycles. The summed E-state index contributed by atoms with van der Waals surface area (Å²) in [4.78, 5) is 11.5. The van der Waals surface area contributed by atoms with Crippen LogP contribution in [0.2, 0.25) is 0 Å². The van der Waals surface area contributed by atoms with E-state index in [1.807, 2.05) is 19.1 Å². The number of nitrogen functional groups attached to an aromatic ring is 1. The van der Waals surface area contributed by atoms with Crippen LogP contribution in [0.15, 0.2) is 24.3 Å². The molecule has 1 aromatic rings. The third-order valence-corrected chi connectivity index (χ3v) is 2.30. The molecule has 0 aliphatic carbocycles. The maximum atomic E-state index is 11.5. The zero-order chi connectivity index (χ0) is 12.0. The summed E-state index contributed by atoms with van der Waals surface area (Å²) in [5.74, 6) is 0.0560. The Morgan fingerprint density at radius 2 is 2.06 bits per heavy atom. The molecule has 0 fully saturated rings. The molecule has 4 N–H and O–H groups in total. The van der Waals surface area contributed by atoms with E-state index in [4.69, 9.17) is 10.8 Å². The molecular formula is C12H18N2O2. The van der Waals surface area contributed by atoms with Gasteiger partial charge in [0.25, 0.3) is 0 Å². The molecule has 88 valence electrons. The van der Waals surface area contributed by atoms with E-state index in [1.165, 1.54) is 0 Å². The summed E-state index contributed by atoms with van der Waals surface area (Å²) in [6.45, 7) is 2.47. The van der Waals surface area contributed by atoms with Crippen molar-refractivity contribution in [1.29, 1.82) is 0 Å². The Kier molecular flexibility index (Phi) is 4.79. The fraction of sp³-hybridized carbons (Fsp3) is 0.417. The van der Waals surface area contributed by atoms with Gasteiger partial charge in [-0.05, 0) is 23.6 Å². The van der Waals surface area contributed by atoms with Crippen molar-refractivity contribution >= 4 is 11.6 Å². The van der Waals surface area contributed by atoms with Gasteiger partial charge in [0.1, 0.15) is 0 Å². The van der Waals surface area contributed by atoms with Crippen LogP contribution < -0.4 is 11.1 Å². The maximum absolute atomic E-state index is 11.5. The Hall–Kier alpha value is -1.55. The molecule has 1 unspecified atom stereocenters. The normalized spacial score (nSPS) is 12.1. The number of carbonyl (C=O) groups is 1. The minimum absolute atomic E-state index is 0.0370. The van der Waals surface area contributed by atoms with Crippen LogP contribution in [0.1, 0.15) is 12.5 Å². The summed E-state index contributed by atoms with van der Waals surface area (Å²) in [5, 5.41) is 11.6. The molecule has 0 heterocycles. The number of aliphatic hydroxyl groups excluding tert-OH is 1. The minimum atomic E-state index is -0.0370. The topological polar surface area (TPSA) is 75.3 Å². The van der Waals surface area contributed by atoms with Crippen molar-refractivity contribution in [2.24, 2.45) is 5.92 Å². The van der Waals surface area contributed by atoms with E-state index in [1.54, 1.807) is 12.1 Å². The largest absolute Gasteiger partial charge is 0.399 e. The van der Waals surface area contributed by atoms with Crippen molar-refractivity contribution < 1.29 is 9.90 Å². The van der Waals surface area contributed by atoms with Crippen molar-refractivity contribution in [1.82, 2.24) is 5.32 Å². The molecule has 0 aromatic heterocycles. The summed E-state index contributed by atoms with van der Waals surface area (Å²) in [7, 11) is 0. The second kappa shape index (κ2) is 6.12. The van der Waals surface area contributed by atoms with Crippen molar-refractivity contribution in [2.75, 3.05) is 18.9 Å². The summed E-state index contributed by atoms with van der Waals surface area (Å²) in [6.07, 6.45) is 0.346. The molecule has 0 spiro atoms. The van der Waals surface area contributed by atoms with Crippen molar-refractivity contribution in [3.63, 3.8) is 0 Å². The number of amides is 1. The van der Waals surface area contributed by atoms with Gasteiger partial charge in [-0.1, -0.05) is 19.1 Å². The Balaban J connectivity index is 2.37. The first-order valence-corrected chi connectivity index (χ1v) is 5.33. The number of hydrogen-bond donors (Lipinski definition) is 3. The zero-order valence-corrected chi connectivity index (χ0v) is 9.44. The van der Waals surface area contributed by atoms with Crippen LogP contribution in [-0.2, 0) is 11.2 Å². The first-order valence-electron chi connectivity index (χ1n) is 5.33. The number of rotatable bonds is 5. The third kappa shape index (κ3) is 4.31. The average Bonchev–Trinajstić information content (AvgIpc) is 2.29. The molecule has 0 aliphatic heterocycles. The SMILES string of the molecule is CC(CO)CNC(=O)Cc1ccc(N)cc1. The number of benzene rings is 1. The van der Waals surface area contributed by atoms with Gasteiger partial charge >= 0.3 is 0 Å². The van der Waals surface area contributed by atoms with Gasteiger partial charge in [0.15, 0.2) is 0 Å². The molecule has 4 nitrogen and oxygen atoms in total. The first-order chi connectivity index (χ1) is 7.61. The standard InChI is InChI=1S/C12H18N2O2/c1-9(8-15)7-14-12(16)6-10-2-4-11(13)5-3-10/h2-5,9,15H,6-8,13H2,1H3,(H,14,16). The van der Waals surface area contributed by atoms with E-state index in [2.05, 4.69) is 5.32 Å². The van der Waals surface area contributed by atoms with E-state index >= 15 is 0 Å². The zero-order valence-electron chi connectivity index (χ0n) is 9.44. The van der Waals surface area contributed by atoms with Crippen LogP contribution in [0.25, 0.3) is 0 Å². The number of anilines is 1. The van der Waals surface area contributed by atoms with Gasteiger partial charge in [0, 0.05) is 18.8 Å². The van der Waals surface area contributed by atoms with E-state index in [0.717, 1.165) is 5.56 Å². The predicted molar refractivity (Wildman–Crippen MR) is 63.8 cm³/mol. The highest BCUT2D eigenvalue weighted by molar-refractivity contribution is 5.78. The molecule has 16 heavy (non-hydrogen) atoms. The van der Waals surface area contributed by atoms with Gasteiger partial charge in [-0.2, -0.15) is 0 Å². The highest BCUT2D eigenvalue weighted by Crippen LogP contribution is 2.05. The third-order valence-electron chi connectivity index (χ3n) is 2.30. The number of nitrogens with one attached hydrogen (secondary N) is 1. The fourth-order valence-electron chi connectivity index (χ4n) is 1.24. The Morgan fingerprint density at radius 3 is 2.62 bits per heavy atom. The summed E-state index contributed by atoms with van der Waals surface area (Å²) in [6, 6.07) is 7.23. The molecular weight excluding hydrogens is 204 g/mol. The highest BCUT2D eigenvalue weighted by Gasteiger charge is 2.05. The van der Waals surface area contributed by atoms with E-state index in [9.17, 15) is 4.79 Å². The molecule has 1 rings (SSSR count). The molecule has 0 bridgehead atoms. The van der Waals surface area contributed by atoms with Gasteiger partial charge in [0.05, 0.1) is 6.42 Å². The van der Waals surface area contributed by atoms with Crippen LogP contribution in [0.3, 0.4) is 0 Å². The Labute approximate surface area is 95.5 Å². The summed E-state index contributed by atoms with van der Waals surface area (Å²) in [5.41, 5.74) is 7.17. The summed E-state index contributed by atoms with van der Waals surface area (Å²) >= 11 is 0. The predicted octanol–water partition coefficient (Wildman–Crippen LogP) is 0.556. The number of carbonyl (C=O) groups excluding carboxylic acids is 1. The monoisotopic (exact) mass is 222 g/mol. The van der Waals surface area contributed by atoms with Crippen LogP contribution >= 0.6 is 0 Å². The number of nitrogens with two attached hydrogens (primary N) is 1. The van der Waals surface area contributed by atoms with Crippen LogP contribution in [0.5, 0.6) is 0 Å². The van der Waals surface area contributed by atoms with Gasteiger partial charge in [-0.3, -0.25) is 4.79 Å². The van der Waals surface area contributed by atoms with E-state index < -0.39 is 0 Å². The van der Waals surface area contributed by atoms with Gasteiger partial charge in [-0.25, -0.2) is 0 Å². The second-order valence-electron chi connectivity index (χ2n) is 4.01. The molecule has 0 aliphatic rings. The lowest BCUT2D eigenvalue weighted by Crippen LogP contribution is -2.30. The van der Waals surface area contributed by atoms with E-state index in [0.29, 0.717) is 18.7 Å². The van der Waals surface area contributed by atoms with Crippen LogP contribution in [-0.4, -0.2) is 24.2 Å². The lowest BCUT2D eigenvalue weighted by molar-refractivity contribution is -0.120. The summed E-state index contributed by atoms with van der Waals surface area (Å²) < 4.78 is 0. The van der Waals surface area contributed by atoms with Gasteiger partial charge < -0.3 is 16.2 Å². The Bertz CT molecular complexity index is 335. The van der Waals surface area contributed by atoms with Crippen molar-refractivity contribution in [3.8, 4) is 0 Å². The molecule has 0 radical (unpaired) electrons. The Morgan fingerprint density at radius 1 is 1.44 bits per heavy atom. The van der Waals surface area contributed by atoms with Crippen LogP contribution in [0, 0.1) is 5.92 Å². The molecule has 0 saturated carbocycles. The molecule has 0 saturated heterocycles. The lowest BCUT2D eigenvalue weighted by atomic mass is 10.1. The highest BCUT2D eigenvalue weighted by atomic mass is 16.3. The first kappa shape index (κ1) is 12.5. The molecule has 1 amide bonds. The van der Waals surface area contributed by atoms with E-state index in [-0.39, 0.29) is 18.4 Å². The van der Waals surface area contributed by atoms with Gasteiger partial charge in [-0.15, -0.1) is 0 Å². The number of aliphatic hydroxyl groups is 1. The maximum Gasteiger partial charge on any atom is 0.224 e. The lowest BCUT2D eigenvalue weighted by Gasteiger charge is -2.09. The quantitative estimate of drug-likeness (QED) is 0.637. The van der Waals surface area contributed by atoms with Gasteiger partial charge in [0.2, 0.25) is 5.91 Å². The number of hydrogen-bond acceptors (Lipinski definition) is 3. The fourth-order valence-corrected chi connectivity index (χ4v) is 1.24. The smallest absolute Gasteiger partial charge is 0.224 e. The van der Waals surface area contributed by atoms with Crippen LogP contribution in [0.4, 0.5) is 5.69 Å². The second-order valence-corrected chi connectivity index (χ2v) is 4.01. The molecule has 1 atom stereocenters. The van der Waals surface area contributed by atoms with Crippen molar-refractivity contribution in [2.45, 2.75) is 13.3 Å². The molecule has 4 heteroatoms. The van der Waals surface area contributed by atoms with Crippen molar-refractivity contribution in [3.05, 3.63) is 29.8 Å². The average molecular weight is 222 g/mol.